The number of methoxy groups -OCH3 is 1. The summed E-state index contributed by atoms with van der Waals surface area (Å²) in [6.45, 7) is 7.61. The van der Waals surface area contributed by atoms with Gasteiger partial charge in [-0.1, -0.05) is 30.7 Å². The van der Waals surface area contributed by atoms with Crippen molar-refractivity contribution in [2.24, 2.45) is 4.99 Å². The number of rotatable bonds is 6. The van der Waals surface area contributed by atoms with Crippen LogP contribution in [0.15, 0.2) is 47.5 Å². The number of amidine groups is 1. The molecule has 2 heterocycles. The van der Waals surface area contributed by atoms with Crippen molar-refractivity contribution in [3.8, 4) is 11.5 Å². The van der Waals surface area contributed by atoms with Crippen LogP contribution in [0.25, 0.3) is 0 Å². The highest BCUT2D eigenvalue weighted by Crippen LogP contribution is 2.39. The van der Waals surface area contributed by atoms with Crippen LogP contribution in [-0.4, -0.2) is 79.6 Å². The van der Waals surface area contributed by atoms with E-state index in [1.807, 2.05) is 59.2 Å². The first kappa shape index (κ1) is 24.4. The molecule has 34 heavy (non-hydrogen) atoms. The van der Waals surface area contributed by atoms with Gasteiger partial charge in [-0.25, -0.2) is 4.79 Å². The number of piperazine rings is 1. The molecule has 0 aromatic heterocycles. The van der Waals surface area contributed by atoms with Gasteiger partial charge in [0.2, 0.25) is 0 Å². The van der Waals surface area contributed by atoms with Crippen molar-refractivity contribution in [1.82, 2.24) is 14.7 Å². The van der Waals surface area contributed by atoms with Crippen LogP contribution in [0.3, 0.4) is 0 Å². The van der Waals surface area contributed by atoms with Gasteiger partial charge in [0.15, 0.2) is 0 Å². The van der Waals surface area contributed by atoms with Gasteiger partial charge in [-0.2, -0.15) is 0 Å². The van der Waals surface area contributed by atoms with Gasteiger partial charge in [-0.05, 0) is 50.2 Å². The van der Waals surface area contributed by atoms with Gasteiger partial charge in [-0.15, -0.1) is 0 Å². The number of urea groups is 1. The van der Waals surface area contributed by atoms with Gasteiger partial charge in [0.1, 0.15) is 17.3 Å². The molecule has 8 heteroatoms. The highest BCUT2D eigenvalue weighted by atomic mass is 35.5. The predicted molar refractivity (Wildman–Crippen MR) is 135 cm³/mol. The zero-order valence-electron chi connectivity index (χ0n) is 20.3. The topological polar surface area (TPSA) is 57.6 Å². The van der Waals surface area contributed by atoms with Crippen LogP contribution >= 0.6 is 11.6 Å². The van der Waals surface area contributed by atoms with E-state index in [2.05, 4.69) is 18.9 Å². The number of amides is 2. The lowest BCUT2D eigenvalue weighted by molar-refractivity contribution is 0.130. The Hall–Kier alpha value is -2.77. The first-order chi connectivity index (χ1) is 16.5. The zero-order chi connectivity index (χ0) is 24.2. The van der Waals surface area contributed by atoms with E-state index in [9.17, 15) is 4.79 Å². The third kappa shape index (κ3) is 4.86. The quantitative estimate of drug-likeness (QED) is 0.596. The smallest absolute Gasteiger partial charge is 0.326 e. The number of aliphatic imine (C=N–C) groups is 1. The summed E-state index contributed by atoms with van der Waals surface area (Å²) in [7, 11) is 3.71. The number of ether oxygens (including phenoxy) is 2. The minimum Gasteiger partial charge on any atom is -0.497 e. The van der Waals surface area contributed by atoms with Crippen LogP contribution in [0, 0.1) is 0 Å². The van der Waals surface area contributed by atoms with E-state index in [4.69, 9.17) is 26.1 Å². The molecule has 1 fully saturated rings. The van der Waals surface area contributed by atoms with Crippen molar-refractivity contribution in [1.29, 1.82) is 0 Å². The lowest BCUT2D eigenvalue weighted by Crippen LogP contribution is -2.53. The molecule has 182 valence electrons. The Morgan fingerprint density at radius 1 is 1.09 bits per heavy atom. The maximum absolute atomic E-state index is 14.1. The molecule has 1 saturated heterocycles. The number of carbonyl (C=O) groups excluding carboxylic acids is 1. The monoisotopic (exact) mass is 484 g/mol. The third-order valence-electron chi connectivity index (χ3n) is 6.50. The largest absolute Gasteiger partial charge is 0.497 e. The molecule has 0 aliphatic carbocycles. The van der Waals surface area contributed by atoms with E-state index in [1.54, 1.807) is 7.11 Å². The van der Waals surface area contributed by atoms with E-state index in [-0.39, 0.29) is 18.1 Å². The molecule has 2 atom stereocenters. The average Bonchev–Trinajstić information content (AvgIpc) is 3.24. The Kier molecular flexibility index (Phi) is 7.63. The highest BCUT2D eigenvalue weighted by molar-refractivity contribution is 6.30. The zero-order valence-corrected chi connectivity index (χ0v) is 21.1. The van der Waals surface area contributed by atoms with E-state index in [0.29, 0.717) is 42.1 Å². The van der Waals surface area contributed by atoms with Crippen molar-refractivity contribution >= 4 is 23.5 Å². The second kappa shape index (κ2) is 10.7. The van der Waals surface area contributed by atoms with Gasteiger partial charge >= 0.3 is 6.03 Å². The standard InChI is InChI=1S/C26H33ClN4O3/c1-5-22-24(18-7-9-19(27)10-8-18)31(26(32)30-15-13-29(3)14-16-30)25(28-22)21-12-11-20(33-4)17-23(21)34-6-2/h7-12,17,22,24H,5-6,13-16H2,1-4H3/t22-,24+/m1/s1. The van der Waals surface area contributed by atoms with Gasteiger partial charge in [0.25, 0.3) is 0 Å². The molecular formula is C26H33ClN4O3. The third-order valence-corrected chi connectivity index (χ3v) is 6.75. The number of likely N-dealkylation sites (N-methyl/N-ethyl adjacent to an activating group) is 1. The summed E-state index contributed by atoms with van der Waals surface area (Å²) in [5, 5.41) is 0.668. The summed E-state index contributed by atoms with van der Waals surface area (Å²) in [4.78, 5) is 25.2. The summed E-state index contributed by atoms with van der Waals surface area (Å²) in [6, 6.07) is 13.1. The Balaban J connectivity index is 1.80. The number of nitrogens with zero attached hydrogens (tertiary/aromatic N) is 4. The van der Waals surface area contributed by atoms with Gasteiger partial charge in [-0.3, -0.25) is 9.89 Å². The van der Waals surface area contributed by atoms with Gasteiger partial charge in [0, 0.05) is 37.3 Å². The Morgan fingerprint density at radius 2 is 1.79 bits per heavy atom. The van der Waals surface area contributed by atoms with Crippen LogP contribution < -0.4 is 9.47 Å². The Morgan fingerprint density at radius 3 is 2.41 bits per heavy atom. The molecule has 2 amide bonds. The van der Waals surface area contributed by atoms with Crippen LogP contribution in [0.4, 0.5) is 4.79 Å². The summed E-state index contributed by atoms with van der Waals surface area (Å²) >= 11 is 6.18. The Bertz CT molecular complexity index is 1030. The molecule has 0 unspecified atom stereocenters. The molecule has 7 nitrogen and oxygen atoms in total. The first-order valence-electron chi connectivity index (χ1n) is 11.9. The fraction of sp³-hybridized carbons (Fsp3) is 0.462. The number of halogens is 1. The first-order valence-corrected chi connectivity index (χ1v) is 12.3. The van der Waals surface area contributed by atoms with Gasteiger partial charge in [0.05, 0.1) is 31.4 Å². The SMILES string of the molecule is CCOc1cc(OC)ccc1C1=N[C@H](CC)[C@H](c2ccc(Cl)cc2)N1C(=O)N1CCN(C)CC1. The molecule has 0 bridgehead atoms. The van der Waals surface area contributed by atoms with E-state index in [0.717, 1.165) is 30.6 Å². The summed E-state index contributed by atoms with van der Waals surface area (Å²) in [5.41, 5.74) is 1.81. The van der Waals surface area contributed by atoms with E-state index >= 15 is 0 Å². The summed E-state index contributed by atoms with van der Waals surface area (Å²) < 4.78 is 11.4. The molecular weight excluding hydrogens is 452 g/mol. The Labute approximate surface area is 206 Å². The minimum atomic E-state index is -0.221. The van der Waals surface area contributed by atoms with Crippen LogP contribution in [0.5, 0.6) is 11.5 Å². The fourth-order valence-corrected chi connectivity index (χ4v) is 4.71. The average molecular weight is 485 g/mol. The van der Waals surface area contributed by atoms with E-state index < -0.39 is 0 Å². The highest BCUT2D eigenvalue weighted by Gasteiger charge is 2.43. The molecule has 2 aliphatic heterocycles. The maximum atomic E-state index is 14.1. The lowest BCUT2D eigenvalue weighted by Gasteiger charge is -2.38. The molecule has 2 aromatic carbocycles. The van der Waals surface area contributed by atoms with Crippen LogP contribution in [0.1, 0.15) is 37.4 Å². The van der Waals surface area contributed by atoms with Crippen molar-refractivity contribution in [3.63, 3.8) is 0 Å². The molecule has 2 aromatic rings. The molecule has 4 rings (SSSR count). The second-order valence-electron chi connectivity index (χ2n) is 8.66. The second-order valence-corrected chi connectivity index (χ2v) is 9.10. The molecule has 0 N–H and O–H groups in total. The fourth-order valence-electron chi connectivity index (χ4n) is 4.59. The van der Waals surface area contributed by atoms with Crippen LogP contribution in [0.2, 0.25) is 5.02 Å². The summed E-state index contributed by atoms with van der Waals surface area (Å²) in [5.74, 6) is 1.99. The van der Waals surface area contributed by atoms with Crippen LogP contribution in [-0.2, 0) is 0 Å². The van der Waals surface area contributed by atoms with Crippen molar-refractivity contribution < 1.29 is 14.3 Å². The normalized spacial score (nSPS) is 20.9. The lowest BCUT2D eigenvalue weighted by atomic mass is 9.97. The van der Waals surface area contributed by atoms with Crippen molar-refractivity contribution in [3.05, 3.63) is 58.6 Å². The molecule has 0 saturated carbocycles. The number of benzene rings is 2. The number of hydrogen-bond acceptors (Lipinski definition) is 5. The maximum Gasteiger partial charge on any atom is 0.326 e. The molecule has 0 spiro atoms. The number of carbonyl (C=O) groups is 1. The van der Waals surface area contributed by atoms with E-state index in [1.165, 1.54) is 0 Å². The summed E-state index contributed by atoms with van der Waals surface area (Å²) in [6.07, 6.45) is 0.795. The molecule has 0 radical (unpaired) electrons. The van der Waals surface area contributed by atoms with Gasteiger partial charge < -0.3 is 19.3 Å². The predicted octanol–water partition coefficient (Wildman–Crippen LogP) is 4.70. The molecule has 2 aliphatic rings. The van der Waals surface area contributed by atoms with Crippen molar-refractivity contribution in [2.75, 3.05) is 46.9 Å². The minimum absolute atomic E-state index is 0.0268. The number of hydrogen-bond donors (Lipinski definition) is 0. The van der Waals surface area contributed by atoms with Crippen molar-refractivity contribution in [2.45, 2.75) is 32.4 Å².